The van der Waals surface area contributed by atoms with Crippen molar-refractivity contribution in [1.82, 2.24) is 9.21 Å². The van der Waals surface area contributed by atoms with Crippen LogP contribution in [0, 0.1) is 12.8 Å². The molecule has 0 saturated heterocycles. The third-order valence-corrected chi connectivity index (χ3v) is 9.97. The normalized spacial score (nSPS) is 21.0. The average Bonchev–Trinajstić information content (AvgIpc) is 3.01. The number of fused-ring (bicyclic) bond motifs is 1. The smallest absolute Gasteiger partial charge is 0.389 e. The van der Waals surface area contributed by atoms with Crippen LogP contribution in [0.5, 0.6) is 5.75 Å². The predicted octanol–water partition coefficient (Wildman–Crippen LogP) is 5.39. The van der Waals surface area contributed by atoms with Gasteiger partial charge in [-0.1, -0.05) is 24.6 Å². The molecule has 0 aliphatic carbocycles. The number of aliphatic hydroxyl groups is 1. The molecule has 1 heterocycles. The summed E-state index contributed by atoms with van der Waals surface area (Å²) in [6.45, 7) is 7.26. The predicted molar refractivity (Wildman–Crippen MR) is 172 cm³/mol. The first-order chi connectivity index (χ1) is 22.0. The molecule has 47 heavy (non-hydrogen) atoms. The molecular weight excluding hydrogens is 639 g/mol. The molecule has 0 saturated carbocycles. The third-order valence-electron chi connectivity index (χ3n) is 8.14. The largest absolute Gasteiger partial charge is 0.490 e. The zero-order chi connectivity index (χ0) is 34.9. The lowest BCUT2D eigenvalue weighted by atomic mass is 10.0. The van der Waals surface area contributed by atoms with Gasteiger partial charge in [0.25, 0.3) is 5.91 Å². The van der Waals surface area contributed by atoms with Gasteiger partial charge in [0.15, 0.2) is 0 Å². The number of carbonyl (C=O) groups is 2. The van der Waals surface area contributed by atoms with Gasteiger partial charge in [0.2, 0.25) is 15.9 Å². The molecule has 1 aliphatic rings. The molecule has 2 amide bonds. The minimum atomic E-state index is -4.49. The molecule has 2 aromatic rings. The molecule has 3 rings (SSSR count). The number of alkyl halides is 3. The number of nitrogens with zero attached hydrogens (tertiary/aromatic N) is 2. The van der Waals surface area contributed by atoms with E-state index in [0.717, 1.165) is 12.0 Å². The molecule has 0 fully saturated rings. The highest BCUT2D eigenvalue weighted by atomic mass is 32.2. The highest BCUT2D eigenvalue weighted by Gasteiger charge is 2.33. The van der Waals surface area contributed by atoms with Gasteiger partial charge in [0.1, 0.15) is 5.75 Å². The summed E-state index contributed by atoms with van der Waals surface area (Å²) in [6, 6.07) is 10.2. The van der Waals surface area contributed by atoms with E-state index < -0.39 is 58.9 Å². The molecule has 0 aromatic heterocycles. The van der Waals surface area contributed by atoms with Crippen LogP contribution in [0.3, 0.4) is 0 Å². The Morgan fingerprint density at radius 2 is 1.83 bits per heavy atom. The number of benzene rings is 2. The number of hydrogen-bond acceptors (Lipinski definition) is 7. The standard InChI is InChI=1S/C33H46F3N3O7S/c1-22-9-12-27(13-10-22)47(43,44)38(5)20-30-23(2)19-39(24(3)21-40)32(42)28-18-26(37-31(41)15-16-33(34,35)36)11-14-29(28)46-25(4)8-6-7-17-45-30/h9-14,18,23-25,30,40H,6-8,15-17,19-21H2,1-5H3,(H,37,41)/t23-,24-,25-,30-/m1/s1. The first-order valence-corrected chi connectivity index (χ1v) is 17.2. The quantitative estimate of drug-likeness (QED) is 0.363. The zero-order valence-electron chi connectivity index (χ0n) is 27.5. The third kappa shape index (κ3) is 11.2. The Morgan fingerprint density at radius 1 is 1.15 bits per heavy atom. The second-order valence-electron chi connectivity index (χ2n) is 12.3. The van der Waals surface area contributed by atoms with Crippen LogP contribution >= 0.6 is 0 Å². The van der Waals surface area contributed by atoms with E-state index in [-0.39, 0.29) is 47.7 Å². The van der Waals surface area contributed by atoms with Gasteiger partial charge in [0, 0.05) is 44.8 Å². The van der Waals surface area contributed by atoms with Gasteiger partial charge < -0.3 is 24.8 Å². The molecule has 2 aromatic carbocycles. The molecule has 2 N–H and O–H groups in total. The van der Waals surface area contributed by atoms with Crippen molar-refractivity contribution in [2.75, 3.05) is 38.7 Å². The Balaban J connectivity index is 1.94. The molecule has 0 radical (unpaired) electrons. The molecule has 262 valence electrons. The number of nitrogens with one attached hydrogen (secondary N) is 1. The number of rotatable bonds is 9. The average molecular weight is 686 g/mol. The van der Waals surface area contributed by atoms with Crippen LogP contribution in [-0.4, -0.2) is 92.3 Å². The number of halogens is 3. The van der Waals surface area contributed by atoms with Crippen molar-refractivity contribution in [3.8, 4) is 5.75 Å². The second kappa shape index (κ2) is 16.8. The molecule has 0 bridgehead atoms. The lowest BCUT2D eigenvalue weighted by Crippen LogP contribution is -2.48. The number of likely N-dealkylation sites (N-methyl/N-ethyl adjacent to an activating group) is 1. The molecule has 14 heteroatoms. The van der Waals surface area contributed by atoms with Crippen molar-refractivity contribution in [3.63, 3.8) is 0 Å². The van der Waals surface area contributed by atoms with Gasteiger partial charge in [-0.2, -0.15) is 17.5 Å². The number of sulfonamides is 1. The van der Waals surface area contributed by atoms with Gasteiger partial charge in [-0.05, 0) is 70.4 Å². The molecule has 4 atom stereocenters. The Kier molecular flexibility index (Phi) is 13.6. The maximum absolute atomic E-state index is 14.2. The van der Waals surface area contributed by atoms with Crippen LogP contribution in [0.25, 0.3) is 0 Å². The van der Waals surface area contributed by atoms with E-state index in [1.165, 1.54) is 34.5 Å². The lowest BCUT2D eigenvalue weighted by Gasteiger charge is -2.35. The van der Waals surface area contributed by atoms with Gasteiger partial charge in [-0.3, -0.25) is 9.59 Å². The van der Waals surface area contributed by atoms with E-state index in [4.69, 9.17) is 9.47 Å². The molecule has 1 aliphatic heterocycles. The summed E-state index contributed by atoms with van der Waals surface area (Å²) in [7, 11) is -2.36. The highest BCUT2D eigenvalue weighted by molar-refractivity contribution is 7.89. The summed E-state index contributed by atoms with van der Waals surface area (Å²) in [5.74, 6) is -1.57. The van der Waals surface area contributed by atoms with Crippen LogP contribution < -0.4 is 10.1 Å². The topological polar surface area (TPSA) is 125 Å². The van der Waals surface area contributed by atoms with Crippen LogP contribution in [-0.2, 0) is 19.6 Å². The number of aliphatic hydroxyl groups excluding tert-OH is 1. The Morgan fingerprint density at radius 3 is 2.47 bits per heavy atom. The van der Waals surface area contributed by atoms with Crippen molar-refractivity contribution in [3.05, 3.63) is 53.6 Å². The van der Waals surface area contributed by atoms with E-state index in [9.17, 15) is 36.3 Å². The van der Waals surface area contributed by atoms with E-state index in [1.54, 1.807) is 31.2 Å². The lowest BCUT2D eigenvalue weighted by molar-refractivity contribution is -0.142. The maximum atomic E-state index is 14.2. The SMILES string of the molecule is Cc1ccc(S(=O)(=O)N(C)C[C@H]2OCCCC[C@@H](C)Oc3ccc(NC(=O)CCC(F)(F)F)cc3C(=O)N([C@H](C)CO)C[C@H]2C)cc1. The van der Waals surface area contributed by atoms with Crippen molar-refractivity contribution >= 4 is 27.5 Å². The number of aryl methyl sites for hydroxylation is 1. The van der Waals surface area contributed by atoms with Crippen molar-refractivity contribution in [2.24, 2.45) is 5.92 Å². The molecule has 0 spiro atoms. The number of hydrogen-bond donors (Lipinski definition) is 2. The number of anilines is 1. The summed E-state index contributed by atoms with van der Waals surface area (Å²) in [6.07, 6.45) is -5.46. The summed E-state index contributed by atoms with van der Waals surface area (Å²) in [5.41, 5.74) is 1.11. The van der Waals surface area contributed by atoms with E-state index >= 15 is 0 Å². The monoisotopic (exact) mass is 685 g/mol. The highest BCUT2D eigenvalue weighted by Crippen LogP contribution is 2.29. The van der Waals surface area contributed by atoms with E-state index in [0.29, 0.717) is 19.4 Å². The number of carbonyl (C=O) groups excluding carboxylic acids is 2. The van der Waals surface area contributed by atoms with Crippen molar-refractivity contribution in [2.45, 2.75) is 89.1 Å². The fraction of sp³-hybridized carbons (Fsp3) is 0.576. The summed E-state index contributed by atoms with van der Waals surface area (Å²) >= 11 is 0. The van der Waals surface area contributed by atoms with Crippen LogP contribution in [0.4, 0.5) is 18.9 Å². The fourth-order valence-electron chi connectivity index (χ4n) is 5.18. The zero-order valence-corrected chi connectivity index (χ0v) is 28.4. The Bertz CT molecular complexity index is 1450. The van der Waals surface area contributed by atoms with E-state index in [1.807, 2.05) is 20.8 Å². The summed E-state index contributed by atoms with van der Waals surface area (Å²) in [4.78, 5) is 28.0. The first-order valence-electron chi connectivity index (χ1n) is 15.8. The van der Waals surface area contributed by atoms with Crippen molar-refractivity contribution < 1.29 is 45.8 Å². The Hall–Kier alpha value is -3.20. The number of ether oxygens (including phenoxy) is 2. The minimum Gasteiger partial charge on any atom is -0.490 e. The van der Waals surface area contributed by atoms with Gasteiger partial charge in [-0.15, -0.1) is 0 Å². The van der Waals surface area contributed by atoms with Gasteiger partial charge >= 0.3 is 6.18 Å². The maximum Gasteiger partial charge on any atom is 0.389 e. The molecule has 10 nitrogen and oxygen atoms in total. The molecule has 0 unspecified atom stereocenters. The fourth-order valence-corrected chi connectivity index (χ4v) is 6.37. The van der Waals surface area contributed by atoms with Crippen LogP contribution in [0.1, 0.15) is 68.8 Å². The van der Waals surface area contributed by atoms with E-state index in [2.05, 4.69) is 5.32 Å². The van der Waals surface area contributed by atoms with Crippen LogP contribution in [0.2, 0.25) is 0 Å². The van der Waals surface area contributed by atoms with Gasteiger partial charge in [0.05, 0.1) is 41.7 Å². The Labute approximate surface area is 275 Å². The minimum absolute atomic E-state index is 0.0110. The second-order valence-corrected chi connectivity index (χ2v) is 14.3. The summed E-state index contributed by atoms with van der Waals surface area (Å²) < 4.78 is 78.4. The summed E-state index contributed by atoms with van der Waals surface area (Å²) in [5, 5.41) is 12.6. The van der Waals surface area contributed by atoms with Crippen LogP contribution in [0.15, 0.2) is 47.4 Å². The van der Waals surface area contributed by atoms with Crippen molar-refractivity contribution in [1.29, 1.82) is 0 Å². The van der Waals surface area contributed by atoms with Gasteiger partial charge in [-0.25, -0.2) is 8.42 Å². The first kappa shape index (κ1) is 38.2. The molecular formula is C33H46F3N3O7S. The number of amides is 2.